The molecule has 4 unspecified atom stereocenters. The van der Waals surface area contributed by atoms with Crippen LogP contribution in [-0.4, -0.2) is 47.4 Å². The van der Waals surface area contributed by atoms with Gasteiger partial charge in [0.05, 0.1) is 18.2 Å². The van der Waals surface area contributed by atoms with Gasteiger partial charge in [-0.3, -0.25) is 9.59 Å². The van der Waals surface area contributed by atoms with Crippen LogP contribution in [0, 0.1) is 35.0 Å². The molecule has 208 valence electrons. The SMILES string of the molecule is CC(C)CO/C(N/C=C/C(C)(C)NC(=O)C1CCCC1)=C(/C=N)C(=O)N[C@@H]1C(C)CC2CC(O)CC1C2. The van der Waals surface area contributed by atoms with E-state index in [1.165, 1.54) is 0 Å². The number of ether oxygens (including phenoxy) is 1. The second kappa shape index (κ2) is 12.9. The first-order valence-corrected chi connectivity index (χ1v) is 14.1. The molecule has 3 saturated carbocycles. The molecule has 8 nitrogen and oxygen atoms in total. The first-order chi connectivity index (χ1) is 17.5. The lowest BCUT2D eigenvalue weighted by molar-refractivity contribution is -0.126. The number of amides is 2. The minimum absolute atomic E-state index is 0.0414. The second-order valence-electron chi connectivity index (χ2n) is 12.5. The van der Waals surface area contributed by atoms with Gasteiger partial charge in [-0.25, -0.2) is 0 Å². The summed E-state index contributed by atoms with van der Waals surface area (Å²) in [5.74, 6) is 1.34. The Morgan fingerprint density at radius 2 is 1.84 bits per heavy atom. The van der Waals surface area contributed by atoms with Crippen LogP contribution in [0.15, 0.2) is 23.7 Å². The van der Waals surface area contributed by atoms with Crippen molar-refractivity contribution in [3.05, 3.63) is 23.7 Å². The van der Waals surface area contributed by atoms with Gasteiger partial charge in [0.2, 0.25) is 11.8 Å². The molecule has 2 bridgehead atoms. The number of nitrogens with one attached hydrogen (secondary N) is 4. The van der Waals surface area contributed by atoms with E-state index in [0.29, 0.717) is 24.9 Å². The Morgan fingerprint density at radius 1 is 1.14 bits per heavy atom. The Bertz CT molecular complexity index is 871. The molecule has 0 aliphatic heterocycles. The third-order valence-corrected chi connectivity index (χ3v) is 8.02. The number of aliphatic hydroxyl groups excluding tert-OH is 1. The van der Waals surface area contributed by atoms with Crippen molar-refractivity contribution in [1.82, 2.24) is 16.0 Å². The van der Waals surface area contributed by atoms with Gasteiger partial charge in [-0.15, -0.1) is 0 Å². The Balaban J connectivity index is 1.71. The Labute approximate surface area is 222 Å². The van der Waals surface area contributed by atoms with Crippen LogP contribution in [0.2, 0.25) is 0 Å². The van der Waals surface area contributed by atoms with Gasteiger partial charge in [0.15, 0.2) is 0 Å². The van der Waals surface area contributed by atoms with Crippen LogP contribution >= 0.6 is 0 Å². The number of rotatable bonds is 11. The molecule has 0 heterocycles. The molecule has 37 heavy (non-hydrogen) atoms. The highest BCUT2D eigenvalue weighted by Crippen LogP contribution is 2.42. The molecule has 8 heteroatoms. The van der Waals surface area contributed by atoms with E-state index in [2.05, 4.69) is 22.9 Å². The highest BCUT2D eigenvalue weighted by Gasteiger charge is 2.41. The molecule has 0 spiro atoms. The molecular formula is C29H48N4O4. The fourth-order valence-electron chi connectivity index (χ4n) is 6.22. The van der Waals surface area contributed by atoms with Gasteiger partial charge < -0.3 is 31.2 Å². The zero-order valence-corrected chi connectivity index (χ0v) is 23.3. The van der Waals surface area contributed by atoms with E-state index in [4.69, 9.17) is 10.1 Å². The molecule has 5 N–H and O–H groups in total. The largest absolute Gasteiger partial charge is 0.478 e. The summed E-state index contributed by atoms with van der Waals surface area (Å²) in [7, 11) is 0. The Hall–Kier alpha value is -2.35. The highest BCUT2D eigenvalue weighted by molar-refractivity contribution is 6.11. The van der Waals surface area contributed by atoms with Crippen molar-refractivity contribution in [1.29, 1.82) is 5.41 Å². The van der Waals surface area contributed by atoms with Gasteiger partial charge in [-0.1, -0.05) is 33.6 Å². The summed E-state index contributed by atoms with van der Waals surface area (Å²) in [6, 6.07) is -0.0414. The molecule has 3 fully saturated rings. The van der Waals surface area contributed by atoms with Crippen LogP contribution < -0.4 is 16.0 Å². The summed E-state index contributed by atoms with van der Waals surface area (Å²) in [5, 5.41) is 27.6. The summed E-state index contributed by atoms with van der Waals surface area (Å²) in [5.41, 5.74) is -0.456. The quantitative estimate of drug-likeness (QED) is 0.161. The Morgan fingerprint density at radius 3 is 2.49 bits per heavy atom. The van der Waals surface area contributed by atoms with E-state index < -0.39 is 5.54 Å². The minimum atomic E-state index is -0.585. The number of hydrogen-bond donors (Lipinski definition) is 5. The molecule has 3 aliphatic carbocycles. The first-order valence-electron chi connectivity index (χ1n) is 14.1. The van der Waals surface area contributed by atoms with Crippen LogP contribution in [0.1, 0.15) is 86.0 Å². The third kappa shape index (κ3) is 8.32. The summed E-state index contributed by atoms with van der Waals surface area (Å²) in [6.45, 7) is 10.4. The smallest absolute Gasteiger partial charge is 0.258 e. The predicted octanol–water partition coefficient (Wildman–Crippen LogP) is 4.01. The topological polar surface area (TPSA) is 124 Å². The van der Waals surface area contributed by atoms with Crippen molar-refractivity contribution in [2.75, 3.05) is 6.61 Å². The van der Waals surface area contributed by atoms with Crippen LogP contribution in [0.3, 0.4) is 0 Å². The second-order valence-corrected chi connectivity index (χ2v) is 12.5. The number of carbonyl (C=O) groups excluding carboxylic acids is 2. The zero-order chi connectivity index (χ0) is 27.2. The number of fused-ring (bicyclic) bond motifs is 2. The van der Waals surface area contributed by atoms with Crippen LogP contribution in [-0.2, 0) is 14.3 Å². The zero-order valence-electron chi connectivity index (χ0n) is 23.3. The average Bonchev–Trinajstić information content (AvgIpc) is 3.34. The van der Waals surface area contributed by atoms with Crippen molar-refractivity contribution in [2.45, 2.75) is 104 Å². The number of aliphatic hydroxyl groups is 1. The molecule has 3 rings (SSSR count). The molecule has 0 aromatic heterocycles. The maximum Gasteiger partial charge on any atom is 0.258 e. The van der Waals surface area contributed by atoms with Crippen molar-refractivity contribution < 1.29 is 19.4 Å². The fourth-order valence-corrected chi connectivity index (χ4v) is 6.22. The predicted molar refractivity (Wildman–Crippen MR) is 146 cm³/mol. The highest BCUT2D eigenvalue weighted by atomic mass is 16.5. The van der Waals surface area contributed by atoms with E-state index in [-0.39, 0.29) is 53.2 Å². The minimum Gasteiger partial charge on any atom is -0.478 e. The summed E-state index contributed by atoms with van der Waals surface area (Å²) >= 11 is 0. The van der Waals surface area contributed by atoms with Gasteiger partial charge in [-0.2, -0.15) is 0 Å². The summed E-state index contributed by atoms with van der Waals surface area (Å²) < 4.78 is 5.95. The van der Waals surface area contributed by atoms with Crippen LogP contribution in [0.5, 0.6) is 0 Å². The average molecular weight is 517 g/mol. The third-order valence-electron chi connectivity index (χ3n) is 8.02. The molecule has 0 saturated heterocycles. The molecule has 0 radical (unpaired) electrons. The Kier molecular flexibility index (Phi) is 10.2. The number of carbonyl (C=O) groups is 2. The van der Waals surface area contributed by atoms with Gasteiger partial charge in [-0.05, 0) is 82.1 Å². The maximum absolute atomic E-state index is 13.4. The van der Waals surface area contributed by atoms with Gasteiger partial charge >= 0.3 is 0 Å². The first kappa shape index (κ1) is 29.2. The van der Waals surface area contributed by atoms with E-state index in [1.807, 2.05) is 33.8 Å². The lowest BCUT2D eigenvalue weighted by atomic mass is 9.65. The van der Waals surface area contributed by atoms with Crippen molar-refractivity contribution in [3.8, 4) is 0 Å². The van der Waals surface area contributed by atoms with Crippen molar-refractivity contribution in [3.63, 3.8) is 0 Å². The van der Waals surface area contributed by atoms with Crippen LogP contribution in [0.4, 0.5) is 0 Å². The van der Waals surface area contributed by atoms with E-state index in [1.54, 1.807) is 6.20 Å². The lowest BCUT2D eigenvalue weighted by Gasteiger charge is -2.46. The molecule has 0 aromatic carbocycles. The molecule has 5 atom stereocenters. The van der Waals surface area contributed by atoms with E-state index in [0.717, 1.165) is 51.2 Å². The van der Waals surface area contributed by atoms with Gasteiger partial charge in [0, 0.05) is 24.4 Å². The molecule has 0 aromatic rings. The fraction of sp³-hybridized carbons (Fsp3) is 0.759. The van der Waals surface area contributed by atoms with Crippen molar-refractivity contribution in [2.24, 2.45) is 29.6 Å². The summed E-state index contributed by atoms with van der Waals surface area (Å²) in [4.78, 5) is 26.0. The van der Waals surface area contributed by atoms with Gasteiger partial charge in [0.25, 0.3) is 5.91 Å². The normalized spacial score (nSPS) is 29.1. The lowest BCUT2D eigenvalue weighted by Crippen LogP contribution is -2.52. The monoisotopic (exact) mass is 516 g/mol. The summed E-state index contributed by atoms with van der Waals surface area (Å²) in [6.07, 6.45) is 11.9. The molecule has 2 amide bonds. The number of hydrogen-bond acceptors (Lipinski definition) is 6. The molecular weight excluding hydrogens is 468 g/mol. The maximum atomic E-state index is 13.4. The van der Waals surface area contributed by atoms with Gasteiger partial charge in [0.1, 0.15) is 5.57 Å². The van der Waals surface area contributed by atoms with E-state index >= 15 is 0 Å². The van der Waals surface area contributed by atoms with Crippen LogP contribution in [0.25, 0.3) is 0 Å². The van der Waals surface area contributed by atoms with Crippen molar-refractivity contribution >= 4 is 18.0 Å². The standard InChI is InChI=1S/C29H48N4O4/c1-18(2)17-37-28(31-11-10-29(4,5)33-26(35)21-8-6-7-9-21)24(16-30)27(36)32-25-19(3)12-20-13-22(25)15-23(34)14-20/h10-11,16,18-23,25,30-31,34H,6-9,12-15,17H2,1-5H3,(H,32,36)(H,33,35)/b11-10+,28-24-,30-16?/t19?,20?,22?,23?,25-/m1/s1. The molecule has 3 aliphatic rings. The van der Waals surface area contributed by atoms with E-state index in [9.17, 15) is 14.7 Å².